The molecule has 1 fully saturated rings. The molecule has 216 valence electrons. The Kier molecular flexibility index (Phi) is 9.83. The second kappa shape index (κ2) is 12.5. The summed E-state index contributed by atoms with van der Waals surface area (Å²) in [5.41, 5.74) is 3.82. The molecule has 1 saturated heterocycles. The number of aliphatic hydroxyl groups excluding tert-OH is 1. The number of alkyl halides is 3. The van der Waals surface area contributed by atoms with E-state index in [2.05, 4.69) is 20.6 Å². The Morgan fingerprint density at radius 1 is 1.28 bits per heavy atom. The van der Waals surface area contributed by atoms with Crippen LogP contribution in [0.3, 0.4) is 0 Å². The fourth-order valence-corrected chi connectivity index (χ4v) is 4.42. The van der Waals surface area contributed by atoms with Crippen molar-refractivity contribution in [1.82, 2.24) is 15.3 Å². The molecule has 5 N–H and O–H groups in total. The quantitative estimate of drug-likeness (QED) is 0.199. The standard InChI is InChI=1S/C25H33ClF4N6O3/c1-24(2,3)39-23(38)17(35-16-10-14(25(28,29)30)9-15(26)11-16)5-4-7-32-18-12-36(8-6-19(18)37)22-20(27)21(31)33-13-34-22/h9-11,13,17-19,32,35,37H,4-8,12H2,1-3H3,(H2,31,33,34)/t17-,18+,19+/m1/s1. The number of aliphatic hydroxyl groups is 1. The molecule has 0 unspecified atom stereocenters. The maximum Gasteiger partial charge on any atom is 0.416 e. The monoisotopic (exact) mass is 576 g/mol. The smallest absolute Gasteiger partial charge is 0.416 e. The number of halogens is 5. The van der Waals surface area contributed by atoms with Crippen LogP contribution in [0.1, 0.15) is 45.6 Å². The average Bonchev–Trinajstić information content (AvgIpc) is 2.82. The lowest BCUT2D eigenvalue weighted by atomic mass is 10.0. The fourth-order valence-electron chi connectivity index (χ4n) is 4.18. The maximum absolute atomic E-state index is 14.4. The van der Waals surface area contributed by atoms with Gasteiger partial charge in [0.25, 0.3) is 0 Å². The number of esters is 1. The largest absolute Gasteiger partial charge is 0.458 e. The molecule has 9 nitrogen and oxygen atoms in total. The summed E-state index contributed by atoms with van der Waals surface area (Å²) in [6, 6.07) is 1.60. The first-order valence-corrected chi connectivity index (χ1v) is 12.8. The summed E-state index contributed by atoms with van der Waals surface area (Å²) >= 11 is 5.89. The minimum Gasteiger partial charge on any atom is -0.458 e. The number of piperidine rings is 1. The lowest BCUT2D eigenvalue weighted by Crippen LogP contribution is -2.54. The summed E-state index contributed by atoms with van der Waals surface area (Å²) < 4.78 is 59.6. The molecule has 0 amide bonds. The van der Waals surface area contributed by atoms with E-state index in [9.17, 15) is 27.5 Å². The number of hydrogen-bond acceptors (Lipinski definition) is 9. The zero-order chi connectivity index (χ0) is 29.0. The molecule has 1 aromatic heterocycles. The van der Waals surface area contributed by atoms with Crippen molar-refractivity contribution in [2.45, 2.75) is 70.0 Å². The lowest BCUT2D eigenvalue weighted by Gasteiger charge is -2.37. The molecule has 14 heteroatoms. The molecule has 0 aliphatic carbocycles. The zero-order valence-corrected chi connectivity index (χ0v) is 22.6. The predicted octanol–water partition coefficient (Wildman–Crippen LogP) is 4.00. The highest BCUT2D eigenvalue weighted by atomic mass is 35.5. The van der Waals surface area contributed by atoms with Gasteiger partial charge in [-0.1, -0.05) is 11.6 Å². The number of ether oxygens (including phenoxy) is 1. The summed E-state index contributed by atoms with van der Waals surface area (Å²) in [6.07, 6.45) is -3.17. The maximum atomic E-state index is 14.4. The van der Waals surface area contributed by atoms with Crippen LogP contribution >= 0.6 is 11.6 Å². The highest BCUT2D eigenvalue weighted by Crippen LogP contribution is 2.33. The molecular formula is C25H33ClF4N6O3. The molecule has 0 spiro atoms. The second-order valence-electron chi connectivity index (χ2n) is 10.4. The van der Waals surface area contributed by atoms with E-state index in [1.807, 2.05) is 0 Å². The van der Waals surface area contributed by atoms with E-state index in [-0.39, 0.29) is 35.3 Å². The first-order chi connectivity index (χ1) is 18.1. The number of benzene rings is 1. The van der Waals surface area contributed by atoms with Crippen molar-refractivity contribution in [2.75, 3.05) is 35.6 Å². The Labute approximate surface area is 229 Å². The number of nitrogens with one attached hydrogen (secondary N) is 2. The van der Waals surface area contributed by atoms with Crippen molar-refractivity contribution in [3.8, 4) is 0 Å². The highest BCUT2D eigenvalue weighted by Gasteiger charge is 2.33. The molecule has 0 bridgehead atoms. The molecule has 1 aromatic carbocycles. The molecule has 1 aliphatic rings. The van der Waals surface area contributed by atoms with E-state index in [4.69, 9.17) is 22.1 Å². The molecular weight excluding hydrogens is 544 g/mol. The van der Waals surface area contributed by atoms with Gasteiger partial charge in [0.2, 0.25) is 5.82 Å². The Hall–Kier alpha value is -2.90. The summed E-state index contributed by atoms with van der Waals surface area (Å²) in [4.78, 5) is 22.1. The van der Waals surface area contributed by atoms with E-state index >= 15 is 0 Å². The first-order valence-electron chi connectivity index (χ1n) is 12.4. The van der Waals surface area contributed by atoms with Gasteiger partial charge in [0, 0.05) is 23.8 Å². The topological polar surface area (TPSA) is 126 Å². The van der Waals surface area contributed by atoms with E-state index in [1.54, 1.807) is 25.7 Å². The SMILES string of the molecule is CC(C)(C)OC(=O)[C@@H](CCCN[C@H]1CN(c2ncnc(N)c2F)CC[C@@H]1O)Nc1cc(Cl)cc(C(F)(F)F)c1. The third-order valence-electron chi connectivity index (χ3n) is 6.01. The van der Waals surface area contributed by atoms with Crippen molar-refractivity contribution >= 4 is 34.9 Å². The van der Waals surface area contributed by atoms with E-state index in [1.165, 1.54) is 12.4 Å². The van der Waals surface area contributed by atoms with Gasteiger partial charge in [-0.2, -0.15) is 17.6 Å². The van der Waals surface area contributed by atoms with E-state index in [0.717, 1.165) is 12.1 Å². The van der Waals surface area contributed by atoms with Gasteiger partial charge in [-0.05, 0) is 64.8 Å². The van der Waals surface area contributed by atoms with Crippen LogP contribution in [-0.4, -0.2) is 64.5 Å². The van der Waals surface area contributed by atoms with Gasteiger partial charge in [-0.25, -0.2) is 14.8 Å². The first kappa shape index (κ1) is 30.6. The molecule has 2 aromatic rings. The van der Waals surface area contributed by atoms with Crippen LogP contribution < -0.4 is 21.3 Å². The van der Waals surface area contributed by atoms with Crippen LogP contribution in [0.2, 0.25) is 5.02 Å². The highest BCUT2D eigenvalue weighted by molar-refractivity contribution is 6.31. The Bertz CT molecular complexity index is 1150. The number of rotatable bonds is 9. The number of anilines is 3. The van der Waals surface area contributed by atoms with E-state index < -0.39 is 47.3 Å². The Balaban J connectivity index is 1.64. The third kappa shape index (κ3) is 8.80. The number of nitrogens with zero attached hydrogens (tertiary/aromatic N) is 3. The molecule has 1 aliphatic heterocycles. The number of nitrogen functional groups attached to an aromatic ring is 1. The molecule has 0 radical (unpaired) electrons. The number of hydrogen-bond donors (Lipinski definition) is 4. The van der Waals surface area contributed by atoms with Crippen LogP contribution in [0.15, 0.2) is 24.5 Å². The summed E-state index contributed by atoms with van der Waals surface area (Å²) in [6.45, 7) is 6.05. The van der Waals surface area contributed by atoms with Gasteiger partial charge in [-0.15, -0.1) is 0 Å². The van der Waals surface area contributed by atoms with Crippen molar-refractivity contribution in [3.63, 3.8) is 0 Å². The van der Waals surface area contributed by atoms with Crippen LogP contribution in [0.25, 0.3) is 0 Å². The minimum absolute atomic E-state index is 0.0307. The van der Waals surface area contributed by atoms with Crippen LogP contribution in [0.4, 0.5) is 34.9 Å². The number of nitrogens with two attached hydrogens (primary N) is 1. The predicted molar refractivity (Wildman–Crippen MR) is 140 cm³/mol. The molecule has 3 atom stereocenters. The van der Waals surface area contributed by atoms with Gasteiger partial charge < -0.3 is 31.1 Å². The van der Waals surface area contributed by atoms with Crippen molar-refractivity contribution < 1.29 is 32.2 Å². The lowest BCUT2D eigenvalue weighted by molar-refractivity contribution is -0.156. The molecule has 2 heterocycles. The van der Waals surface area contributed by atoms with Gasteiger partial charge in [0.15, 0.2) is 11.6 Å². The van der Waals surface area contributed by atoms with Crippen molar-refractivity contribution in [3.05, 3.63) is 40.9 Å². The van der Waals surface area contributed by atoms with Gasteiger partial charge in [-0.3, -0.25) is 0 Å². The summed E-state index contributed by atoms with van der Waals surface area (Å²) in [5.74, 6) is -1.57. The normalized spacial score (nSPS) is 19.1. The Morgan fingerprint density at radius 2 is 2.00 bits per heavy atom. The van der Waals surface area contributed by atoms with Crippen LogP contribution in [0.5, 0.6) is 0 Å². The van der Waals surface area contributed by atoms with Crippen molar-refractivity contribution in [2.24, 2.45) is 0 Å². The summed E-state index contributed by atoms with van der Waals surface area (Å²) in [5, 5.41) is 16.4. The molecule has 3 rings (SSSR count). The second-order valence-corrected chi connectivity index (χ2v) is 10.8. The van der Waals surface area contributed by atoms with Gasteiger partial charge >= 0.3 is 12.1 Å². The fraction of sp³-hybridized carbons (Fsp3) is 0.560. The third-order valence-corrected chi connectivity index (χ3v) is 6.23. The van der Waals surface area contributed by atoms with Crippen LogP contribution in [-0.2, 0) is 15.7 Å². The molecule has 39 heavy (non-hydrogen) atoms. The van der Waals surface area contributed by atoms with Crippen LogP contribution in [0, 0.1) is 5.82 Å². The van der Waals surface area contributed by atoms with Gasteiger partial charge in [0.1, 0.15) is 18.0 Å². The van der Waals surface area contributed by atoms with Gasteiger partial charge in [0.05, 0.1) is 17.7 Å². The van der Waals surface area contributed by atoms with Crippen molar-refractivity contribution in [1.29, 1.82) is 0 Å². The summed E-state index contributed by atoms with van der Waals surface area (Å²) in [7, 11) is 0. The number of carbonyl (C=O) groups is 1. The van der Waals surface area contributed by atoms with E-state index in [0.29, 0.717) is 25.9 Å². The number of carbonyl (C=O) groups excluding carboxylic acids is 1. The average molecular weight is 577 g/mol. The Morgan fingerprint density at radius 3 is 2.67 bits per heavy atom. The minimum atomic E-state index is -4.61. The molecule has 0 saturated carbocycles. The number of aromatic nitrogens is 2. The zero-order valence-electron chi connectivity index (χ0n) is 21.9.